The number of carbonyl (C=O) groups excluding carboxylic acids is 1. The molecule has 0 rings (SSSR count). The predicted molar refractivity (Wildman–Crippen MR) is 34.6 cm³/mol. The number of hydrogen-bond acceptors (Lipinski definition) is 3. The summed E-state index contributed by atoms with van der Waals surface area (Å²) in [6.45, 7) is 3.55. The number of carbonyl (C=O) groups is 1. The van der Waals surface area contributed by atoms with Crippen LogP contribution in [-0.2, 0) is 9.53 Å². The van der Waals surface area contributed by atoms with Crippen molar-refractivity contribution in [2.24, 2.45) is 5.92 Å². The number of methoxy groups -OCH3 is 1. The van der Waals surface area contributed by atoms with Gasteiger partial charge in [0.05, 0.1) is 7.11 Å². The van der Waals surface area contributed by atoms with Crippen molar-refractivity contribution in [2.75, 3.05) is 7.11 Å². The van der Waals surface area contributed by atoms with Gasteiger partial charge in [0.15, 0.2) is 0 Å². The molecule has 9 heavy (non-hydrogen) atoms. The van der Waals surface area contributed by atoms with E-state index < -0.39 is 5.97 Å². The Morgan fingerprint density at radius 1 is 1.56 bits per heavy atom. The van der Waals surface area contributed by atoms with Crippen LogP contribution in [-0.4, -0.2) is 18.8 Å². The minimum atomic E-state index is -0.537. The van der Waals surface area contributed by atoms with Crippen LogP contribution in [0.4, 0.5) is 0 Å². The molecule has 0 aliphatic rings. The van der Waals surface area contributed by atoms with Gasteiger partial charge in [-0.25, -0.2) is 4.79 Å². The largest absolute Gasteiger partial charge is 0.465 e. The number of nitrogens with one attached hydrogen (secondary N) is 1. The van der Waals surface area contributed by atoms with E-state index in [9.17, 15) is 4.79 Å². The van der Waals surface area contributed by atoms with E-state index in [1.54, 1.807) is 13.8 Å². The maximum Gasteiger partial charge on any atom is 0.351 e. The lowest BCUT2D eigenvalue weighted by Gasteiger charge is -2.02. The third-order valence-electron chi connectivity index (χ3n) is 0.983. The van der Waals surface area contributed by atoms with Crippen molar-refractivity contribution < 1.29 is 9.53 Å². The third-order valence-corrected chi connectivity index (χ3v) is 0.983. The van der Waals surface area contributed by atoms with Crippen molar-refractivity contribution in [2.45, 2.75) is 13.8 Å². The van der Waals surface area contributed by atoms with E-state index in [0.29, 0.717) is 0 Å². The maximum atomic E-state index is 10.5. The van der Waals surface area contributed by atoms with E-state index in [-0.39, 0.29) is 11.6 Å². The van der Waals surface area contributed by atoms with E-state index in [4.69, 9.17) is 5.41 Å². The molecule has 0 saturated carbocycles. The highest BCUT2D eigenvalue weighted by Crippen LogP contribution is 1.95. The zero-order valence-corrected chi connectivity index (χ0v) is 5.89. The van der Waals surface area contributed by atoms with Crippen molar-refractivity contribution in [1.29, 1.82) is 5.41 Å². The molecule has 3 nitrogen and oxygen atoms in total. The lowest BCUT2D eigenvalue weighted by atomic mass is 10.1. The van der Waals surface area contributed by atoms with Crippen LogP contribution < -0.4 is 0 Å². The summed E-state index contributed by atoms with van der Waals surface area (Å²) >= 11 is 0. The summed E-state index contributed by atoms with van der Waals surface area (Å²) in [6, 6.07) is 0. The fraction of sp³-hybridized carbons (Fsp3) is 0.667. The van der Waals surface area contributed by atoms with Gasteiger partial charge in [-0.3, -0.25) is 5.41 Å². The minimum Gasteiger partial charge on any atom is -0.465 e. The molecule has 0 spiro atoms. The molecule has 0 unspecified atom stereocenters. The van der Waals surface area contributed by atoms with E-state index in [2.05, 4.69) is 4.74 Å². The van der Waals surface area contributed by atoms with Crippen LogP contribution in [0.15, 0.2) is 0 Å². The second-order valence-electron chi connectivity index (χ2n) is 2.06. The van der Waals surface area contributed by atoms with Gasteiger partial charge in [-0.2, -0.15) is 0 Å². The normalized spacial score (nSPS) is 9.33. The highest BCUT2D eigenvalue weighted by molar-refractivity contribution is 6.35. The fourth-order valence-electron chi connectivity index (χ4n) is 0.346. The molecular weight excluding hydrogens is 118 g/mol. The van der Waals surface area contributed by atoms with Gasteiger partial charge in [-0.05, 0) is 0 Å². The van der Waals surface area contributed by atoms with Crippen molar-refractivity contribution in [3.05, 3.63) is 0 Å². The molecule has 0 fully saturated rings. The lowest BCUT2D eigenvalue weighted by molar-refractivity contribution is -0.133. The SMILES string of the molecule is COC(=O)C(=N)C(C)C. The van der Waals surface area contributed by atoms with Gasteiger partial charge < -0.3 is 4.74 Å². The van der Waals surface area contributed by atoms with Crippen LogP contribution in [0.3, 0.4) is 0 Å². The van der Waals surface area contributed by atoms with E-state index in [1.165, 1.54) is 7.11 Å². The second-order valence-corrected chi connectivity index (χ2v) is 2.06. The first-order valence-electron chi connectivity index (χ1n) is 2.76. The van der Waals surface area contributed by atoms with Crippen molar-refractivity contribution >= 4 is 11.7 Å². The average Bonchev–Trinajstić information content (AvgIpc) is 1.84. The maximum absolute atomic E-state index is 10.5. The first-order chi connectivity index (χ1) is 4.09. The highest BCUT2D eigenvalue weighted by atomic mass is 16.5. The quantitative estimate of drug-likeness (QED) is 0.443. The van der Waals surface area contributed by atoms with Crippen molar-refractivity contribution in [3.63, 3.8) is 0 Å². The second kappa shape index (κ2) is 3.22. The zero-order valence-electron chi connectivity index (χ0n) is 5.89. The molecule has 3 heteroatoms. The average molecular weight is 129 g/mol. The summed E-state index contributed by atoms with van der Waals surface area (Å²) in [6.07, 6.45) is 0. The van der Waals surface area contributed by atoms with Crippen molar-refractivity contribution in [1.82, 2.24) is 0 Å². The van der Waals surface area contributed by atoms with Gasteiger partial charge in [0.1, 0.15) is 5.71 Å². The Balaban J connectivity index is 3.89. The van der Waals surface area contributed by atoms with E-state index in [0.717, 1.165) is 0 Å². The Hall–Kier alpha value is -0.860. The van der Waals surface area contributed by atoms with Crippen LogP contribution in [0.1, 0.15) is 13.8 Å². The molecule has 0 bridgehead atoms. The van der Waals surface area contributed by atoms with Crippen LogP contribution >= 0.6 is 0 Å². The van der Waals surface area contributed by atoms with Gasteiger partial charge in [0.2, 0.25) is 0 Å². The van der Waals surface area contributed by atoms with Crippen LogP contribution in [0.25, 0.3) is 0 Å². The Kier molecular flexibility index (Phi) is 2.91. The Morgan fingerprint density at radius 2 is 2.00 bits per heavy atom. The summed E-state index contributed by atoms with van der Waals surface area (Å²) in [5.41, 5.74) is 0.0255. The number of ether oxygens (including phenoxy) is 1. The molecule has 0 aromatic carbocycles. The standard InChI is InChI=1S/C6H11NO2/c1-4(2)5(7)6(8)9-3/h4,7H,1-3H3. The molecule has 0 aromatic heterocycles. The Labute approximate surface area is 54.5 Å². The summed E-state index contributed by atoms with van der Waals surface area (Å²) in [5.74, 6) is -0.581. The van der Waals surface area contributed by atoms with E-state index >= 15 is 0 Å². The Morgan fingerprint density at radius 3 is 2.11 bits per heavy atom. The summed E-state index contributed by atoms with van der Waals surface area (Å²) in [5, 5.41) is 7.07. The van der Waals surface area contributed by atoms with Crippen molar-refractivity contribution in [3.8, 4) is 0 Å². The molecule has 1 N–H and O–H groups in total. The summed E-state index contributed by atoms with van der Waals surface area (Å²) in [4.78, 5) is 10.5. The van der Waals surface area contributed by atoms with E-state index in [1.807, 2.05) is 0 Å². The molecule has 0 saturated heterocycles. The summed E-state index contributed by atoms with van der Waals surface area (Å²) < 4.78 is 4.31. The highest BCUT2D eigenvalue weighted by Gasteiger charge is 2.11. The van der Waals surface area contributed by atoms with Gasteiger partial charge in [-0.15, -0.1) is 0 Å². The van der Waals surface area contributed by atoms with Gasteiger partial charge in [-0.1, -0.05) is 13.8 Å². The summed E-state index contributed by atoms with van der Waals surface area (Å²) in [7, 11) is 1.28. The Bertz CT molecular complexity index is 129. The number of rotatable bonds is 2. The first kappa shape index (κ1) is 8.14. The monoisotopic (exact) mass is 129 g/mol. The van der Waals surface area contributed by atoms with Crippen LogP contribution in [0, 0.1) is 11.3 Å². The molecular formula is C6H11NO2. The molecule has 52 valence electrons. The van der Waals surface area contributed by atoms with Crippen LogP contribution in [0.2, 0.25) is 0 Å². The number of esters is 1. The number of hydrogen-bond donors (Lipinski definition) is 1. The smallest absolute Gasteiger partial charge is 0.351 e. The van der Waals surface area contributed by atoms with Gasteiger partial charge in [0.25, 0.3) is 0 Å². The third kappa shape index (κ3) is 2.26. The predicted octanol–water partition coefficient (Wildman–Crippen LogP) is 0.835. The molecule has 0 atom stereocenters. The van der Waals surface area contributed by atoms with Crippen LogP contribution in [0.5, 0.6) is 0 Å². The topological polar surface area (TPSA) is 50.2 Å². The fourth-order valence-corrected chi connectivity index (χ4v) is 0.346. The molecule has 0 heterocycles. The molecule has 0 amide bonds. The molecule has 0 aliphatic carbocycles. The molecule has 0 aromatic rings. The van der Waals surface area contributed by atoms with Gasteiger partial charge >= 0.3 is 5.97 Å². The zero-order chi connectivity index (χ0) is 7.44. The molecule has 0 aliphatic heterocycles. The van der Waals surface area contributed by atoms with Gasteiger partial charge in [0, 0.05) is 5.92 Å². The molecule has 0 radical (unpaired) electrons. The first-order valence-corrected chi connectivity index (χ1v) is 2.76. The lowest BCUT2D eigenvalue weighted by Crippen LogP contribution is -2.19. The minimum absolute atomic E-state index is 0.0255.